The molecule has 0 atom stereocenters. The van der Waals surface area contributed by atoms with Gasteiger partial charge in [-0.3, -0.25) is 0 Å². The number of nitriles is 1. The predicted molar refractivity (Wildman–Crippen MR) is 63.8 cm³/mol. The number of ether oxygens (including phenoxy) is 1. The molecule has 0 amide bonds. The van der Waals surface area contributed by atoms with Crippen LogP contribution in [-0.2, 0) is 6.54 Å². The van der Waals surface area contributed by atoms with E-state index < -0.39 is 5.41 Å². The molecule has 0 heterocycles. The van der Waals surface area contributed by atoms with Gasteiger partial charge in [0.2, 0.25) is 0 Å². The van der Waals surface area contributed by atoms with Crippen LogP contribution in [0.5, 0.6) is 5.75 Å². The van der Waals surface area contributed by atoms with Crippen LogP contribution in [0.25, 0.3) is 0 Å². The highest BCUT2D eigenvalue weighted by molar-refractivity contribution is 5.33. The summed E-state index contributed by atoms with van der Waals surface area (Å²) in [6, 6.07) is 6.47. The number of hydrogen-bond donors (Lipinski definition) is 1. The fourth-order valence-corrected chi connectivity index (χ4v) is 1.32. The minimum atomic E-state index is -0.414. The predicted octanol–water partition coefficient (Wildman–Crippen LogP) is 2.60. The van der Waals surface area contributed by atoms with Crippen molar-refractivity contribution in [2.75, 3.05) is 6.61 Å². The summed E-state index contributed by atoms with van der Waals surface area (Å²) in [6.07, 6.45) is 0.616. The fraction of sp³-hybridized carbons (Fsp3) is 0.462. The van der Waals surface area contributed by atoms with E-state index in [1.807, 2.05) is 13.8 Å². The SMILES string of the molecule is CC(C)(C#N)CCOc1ccc(F)cc1CN. The first kappa shape index (κ1) is 13.5. The van der Waals surface area contributed by atoms with Gasteiger partial charge in [-0.1, -0.05) is 0 Å². The van der Waals surface area contributed by atoms with Gasteiger partial charge < -0.3 is 10.5 Å². The molecule has 0 unspecified atom stereocenters. The van der Waals surface area contributed by atoms with E-state index >= 15 is 0 Å². The molecule has 1 rings (SSSR count). The van der Waals surface area contributed by atoms with Crippen LogP contribution in [0.15, 0.2) is 18.2 Å². The van der Waals surface area contributed by atoms with Crippen LogP contribution in [-0.4, -0.2) is 6.61 Å². The Labute approximate surface area is 101 Å². The Morgan fingerprint density at radius 2 is 2.18 bits per heavy atom. The van der Waals surface area contributed by atoms with E-state index in [1.165, 1.54) is 12.1 Å². The lowest BCUT2D eigenvalue weighted by molar-refractivity contribution is 0.262. The molecule has 3 nitrogen and oxygen atoms in total. The summed E-state index contributed by atoms with van der Waals surface area (Å²) in [6.45, 7) is 4.35. The molecule has 1 aromatic rings. The van der Waals surface area contributed by atoms with Crippen LogP contribution in [0.3, 0.4) is 0 Å². The van der Waals surface area contributed by atoms with Crippen LogP contribution < -0.4 is 10.5 Å². The van der Waals surface area contributed by atoms with Crippen LogP contribution >= 0.6 is 0 Å². The molecule has 0 saturated heterocycles. The normalized spacial score (nSPS) is 11.0. The topological polar surface area (TPSA) is 59.0 Å². The average molecular weight is 236 g/mol. The van der Waals surface area contributed by atoms with Gasteiger partial charge in [-0.25, -0.2) is 4.39 Å². The lowest BCUT2D eigenvalue weighted by Crippen LogP contribution is -2.14. The van der Waals surface area contributed by atoms with Gasteiger partial charge in [0.15, 0.2) is 0 Å². The van der Waals surface area contributed by atoms with Crippen molar-refractivity contribution in [3.05, 3.63) is 29.6 Å². The quantitative estimate of drug-likeness (QED) is 0.854. The average Bonchev–Trinajstić information content (AvgIpc) is 2.30. The highest BCUT2D eigenvalue weighted by Gasteiger charge is 2.16. The number of nitrogens with zero attached hydrogens (tertiary/aromatic N) is 1. The summed E-state index contributed by atoms with van der Waals surface area (Å²) < 4.78 is 18.5. The van der Waals surface area contributed by atoms with Crippen molar-refractivity contribution in [3.63, 3.8) is 0 Å². The number of nitrogens with two attached hydrogens (primary N) is 1. The third-order valence-corrected chi connectivity index (χ3v) is 2.53. The fourth-order valence-electron chi connectivity index (χ4n) is 1.32. The first-order chi connectivity index (χ1) is 7.98. The van der Waals surface area contributed by atoms with E-state index in [4.69, 9.17) is 15.7 Å². The van der Waals surface area contributed by atoms with Crippen molar-refractivity contribution in [2.45, 2.75) is 26.8 Å². The highest BCUT2D eigenvalue weighted by atomic mass is 19.1. The van der Waals surface area contributed by atoms with E-state index in [2.05, 4.69) is 6.07 Å². The van der Waals surface area contributed by atoms with Gasteiger partial charge in [-0.15, -0.1) is 0 Å². The van der Waals surface area contributed by atoms with E-state index in [9.17, 15) is 4.39 Å². The van der Waals surface area contributed by atoms with Crippen molar-refractivity contribution in [2.24, 2.45) is 11.1 Å². The Kier molecular flexibility index (Phi) is 4.47. The summed E-state index contributed by atoms with van der Waals surface area (Å²) in [4.78, 5) is 0. The first-order valence-electron chi connectivity index (χ1n) is 5.51. The molecule has 92 valence electrons. The highest BCUT2D eigenvalue weighted by Crippen LogP contribution is 2.22. The van der Waals surface area contributed by atoms with Gasteiger partial charge >= 0.3 is 0 Å². The summed E-state index contributed by atoms with van der Waals surface area (Å²) in [5.74, 6) is 0.262. The third kappa shape index (κ3) is 4.04. The maximum absolute atomic E-state index is 12.9. The van der Waals surface area contributed by atoms with Crippen molar-refractivity contribution in [3.8, 4) is 11.8 Å². The second-order valence-electron chi connectivity index (χ2n) is 4.55. The molecule has 17 heavy (non-hydrogen) atoms. The second-order valence-corrected chi connectivity index (χ2v) is 4.55. The van der Waals surface area contributed by atoms with E-state index in [-0.39, 0.29) is 12.4 Å². The third-order valence-electron chi connectivity index (χ3n) is 2.53. The van der Waals surface area contributed by atoms with Gasteiger partial charge in [-0.2, -0.15) is 5.26 Å². The maximum Gasteiger partial charge on any atom is 0.123 e. The zero-order chi connectivity index (χ0) is 12.9. The molecule has 2 N–H and O–H groups in total. The number of halogens is 1. The van der Waals surface area contributed by atoms with Crippen LogP contribution in [0, 0.1) is 22.6 Å². The smallest absolute Gasteiger partial charge is 0.123 e. The summed E-state index contributed by atoms with van der Waals surface area (Å²) >= 11 is 0. The molecule has 4 heteroatoms. The zero-order valence-corrected chi connectivity index (χ0v) is 10.2. The molecule has 1 aromatic carbocycles. The summed E-state index contributed by atoms with van der Waals surface area (Å²) in [5.41, 5.74) is 5.73. The van der Waals surface area contributed by atoms with Crippen LogP contribution in [0.1, 0.15) is 25.8 Å². The van der Waals surface area contributed by atoms with Gasteiger partial charge in [-0.05, 0) is 38.5 Å². The lowest BCUT2D eigenvalue weighted by Gasteiger charge is -2.16. The van der Waals surface area contributed by atoms with Crippen molar-refractivity contribution in [1.82, 2.24) is 0 Å². The first-order valence-corrected chi connectivity index (χ1v) is 5.51. The van der Waals surface area contributed by atoms with Gasteiger partial charge in [0.05, 0.1) is 18.1 Å². The molecular formula is C13H17FN2O. The Bertz CT molecular complexity index is 424. The lowest BCUT2D eigenvalue weighted by atomic mass is 9.92. The summed E-state index contributed by atoms with van der Waals surface area (Å²) in [5, 5.41) is 8.85. The van der Waals surface area contributed by atoms with Crippen molar-refractivity contribution >= 4 is 0 Å². The number of benzene rings is 1. The number of hydrogen-bond acceptors (Lipinski definition) is 3. The van der Waals surface area contributed by atoms with Crippen molar-refractivity contribution in [1.29, 1.82) is 5.26 Å². The largest absolute Gasteiger partial charge is 0.493 e. The van der Waals surface area contributed by atoms with E-state index in [0.717, 1.165) is 0 Å². The van der Waals surface area contributed by atoms with E-state index in [1.54, 1.807) is 6.07 Å². The molecule has 0 saturated carbocycles. The Morgan fingerprint density at radius 3 is 2.76 bits per heavy atom. The molecule has 0 radical (unpaired) electrons. The molecule has 0 bridgehead atoms. The summed E-state index contributed by atoms with van der Waals surface area (Å²) in [7, 11) is 0. The Morgan fingerprint density at radius 1 is 1.47 bits per heavy atom. The van der Waals surface area contributed by atoms with Crippen LogP contribution in [0.2, 0.25) is 0 Å². The Hall–Kier alpha value is -1.60. The minimum absolute atomic E-state index is 0.231. The number of rotatable bonds is 5. The van der Waals surface area contributed by atoms with Gasteiger partial charge in [0.25, 0.3) is 0 Å². The molecule has 0 aliphatic heterocycles. The van der Waals surface area contributed by atoms with Gasteiger partial charge in [0.1, 0.15) is 11.6 Å². The maximum atomic E-state index is 12.9. The monoisotopic (exact) mass is 236 g/mol. The zero-order valence-electron chi connectivity index (χ0n) is 10.2. The molecule has 0 aromatic heterocycles. The Balaban J connectivity index is 2.61. The van der Waals surface area contributed by atoms with Gasteiger partial charge in [0, 0.05) is 12.1 Å². The molecule has 0 aliphatic rings. The van der Waals surface area contributed by atoms with Crippen molar-refractivity contribution < 1.29 is 9.13 Å². The van der Waals surface area contributed by atoms with Crippen LogP contribution in [0.4, 0.5) is 4.39 Å². The minimum Gasteiger partial charge on any atom is -0.493 e. The molecule has 0 spiro atoms. The standard InChI is InChI=1S/C13H17FN2O/c1-13(2,9-16)5-6-17-12-4-3-11(14)7-10(12)8-15/h3-4,7H,5-6,8,15H2,1-2H3. The van der Waals surface area contributed by atoms with E-state index in [0.29, 0.717) is 24.3 Å². The second kappa shape index (κ2) is 5.65. The molecule has 0 aliphatic carbocycles. The molecular weight excluding hydrogens is 219 g/mol. The molecule has 0 fully saturated rings.